The predicted octanol–water partition coefficient (Wildman–Crippen LogP) is 1.27. The van der Waals surface area contributed by atoms with E-state index in [0.29, 0.717) is 5.69 Å². The van der Waals surface area contributed by atoms with Gasteiger partial charge in [-0.05, 0) is 6.92 Å². The minimum absolute atomic E-state index is 0.464. The largest absolute Gasteiger partial charge is 0.333 e. The second-order valence-electron chi connectivity index (χ2n) is 2.55. The van der Waals surface area contributed by atoms with Gasteiger partial charge in [-0.15, -0.1) is 0 Å². The number of hydrogen-bond acceptors (Lipinski definition) is 2. The van der Waals surface area contributed by atoms with E-state index in [-0.39, 0.29) is 0 Å². The molecule has 0 aromatic carbocycles. The van der Waals surface area contributed by atoms with E-state index >= 15 is 0 Å². The van der Waals surface area contributed by atoms with Gasteiger partial charge in [0.05, 0.1) is 6.33 Å². The Labute approximate surface area is 65.4 Å². The highest BCUT2D eigenvalue weighted by molar-refractivity contribution is 5.70. The van der Waals surface area contributed by atoms with E-state index in [1.807, 2.05) is 11.5 Å². The fourth-order valence-corrected chi connectivity index (χ4v) is 0.836. The number of rotatable bonds is 3. The Balaban J connectivity index is 2.72. The fraction of sp³-hybridized carbons (Fsp3) is 0.250. The van der Waals surface area contributed by atoms with Gasteiger partial charge in [-0.1, -0.05) is 12.2 Å². The summed E-state index contributed by atoms with van der Waals surface area (Å²) in [5.41, 5.74) is 1.51. The molecule has 1 aromatic heterocycles. The molecule has 0 unspecified atom stereocenters. The average Bonchev–Trinajstić information content (AvgIpc) is 2.34. The molecule has 0 saturated carbocycles. The minimum Gasteiger partial charge on any atom is -0.333 e. The van der Waals surface area contributed by atoms with Crippen molar-refractivity contribution in [3.63, 3.8) is 0 Å². The molecule has 1 heterocycles. The van der Waals surface area contributed by atoms with Crippen LogP contribution in [0.25, 0.3) is 0 Å². The maximum Gasteiger partial charge on any atom is 0.169 e. The van der Waals surface area contributed by atoms with E-state index in [1.165, 1.54) is 0 Å². The lowest BCUT2D eigenvalue weighted by Crippen LogP contribution is -1.93. The Morgan fingerprint density at radius 3 is 3.09 bits per heavy atom. The molecular weight excluding hydrogens is 140 g/mol. The van der Waals surface area contributed by atoms with Crippen molar-refractivity contribution >= 4 is 6.29 Å². The lowest BCUT2D eigenvalue weighted by molar-refractivity contribution is 0.111. The highest BCUT2D eigenvalue weighted by Gasteiger charge is 1.95. The Morgan fingerprint density at radius 2 is 2.64 bits per heavy atom. The summed E-state index contributed by atoms with van der Waals surface area (Å²) in [6, 6.07) is 0. The van der Waals surface area contributed by atoms with Gasteiger partial charge in [0.25, 0.3) is 0 Å². The molecule has 0 atom stereocenters. The van der Waals surface area contributed by atoms with E-state index in [1.54, 1.807) is 12.5 Å². The third-order valence-corrected chi connectivity index (χ3v) is 1.23. The van der Waals surface area contributed by atoms with Gasteiger partial charge in [-0.2, -0.15) is 0 Å². The van der Waals surface area contributed by atoms with Gasteiger partial charge in [0.2, 0.25) is 0 Å². The third kappa shape index (κ3) is 2.04. The first-order chi connectivity index (χ1) is 5.22. The molecule has 3 nitrogen and oxygen atoms in total. The van der Waals surface area contributed by atoms with Gasteiger partial charge < -0.3 is 4.57 Å². The maximum atomic E-state index is 10.2. The van der Waals surface area contributed by atoms with Crippen LogP contribution in [0.2, 0.25) is 0 Å². The first-order valence-corrected chi connectivity index (χ1v) is 3.33. The molecule has 0 saturated heterocycles. The van der Waals surface area contributed by atoms with Crippen LogP contribution in [0.4, 0.5) is 0 Å². The topological polar surface area (TPSA) is 34.9 Å². The number of carbonyl (C=O) groups is 1. The van der Waals surface area contributed by atoms with Gasteiger partial charge in [-0.3, -0.25) is 4.79 Å². The molecule has 3 heteroatoms. The van der Waals surface area contributed by atoms with Crippen molar-refractivity contribution < 1.29 is 4.79 Å². The SMILES string of the molecule is C=C(C)Cn1cnc(C=O)c1. The minimum atomic E-state index is 0.464. The summed E-state index contributed by atoms with van der Waals surface area (Å²) in [5.74, 6) is 0. The second kappa shape index (κ2) is 3.14. The number of aromatic nitrogens is 2. The highest BCUT2D eigenvalue weighted by atomic mass is 16.1. The summed E-state index contributed by atoms with van der Waals surface area (Å²) in [7, 11) is 0. The Bertz CT molecular complexity index is 275. The van der Waals surface area contributed by atoms with Gasteiger partial charge >= 0.3 is 0 Å². The van der Waals surface area contributed by atoms with E-state index in [0.717, 1.165) is 18.4 Å². The summed E-state index contributed by atoms with van der Waals surface area (Å²) in [6.07, 6.45) is 4.05. The molecule has 0 spiro atoms. The van der Waals surface area contributed by atoms with E-state index < -0.39 is 0 Å². The molecular formula is C8H10N2O. The van der Waals surface area contributed by atoms with Gasteiger partial charge in [0.1, 0.15) is 5.69 Å². The van der Waals surface area contributed by atoms with Crippen LogP contribution in [-0.4, -0.2) is 15.8 Å². The van der Waals surface area contributed by atoms with Crippen LogP contribution in [0.3, 0.4) is 0 Å². The van der Waals surface area contributed by atoms with Crippen molar-refractivity contribution in [3.05, 3.63) is 30.4 Å². The maximum absolute atomic E-state index is 10.2. The molecule has 1 rings (SSSR count). The van der Waals surface area contributed by atoms with Gasteiger partial charge in [0.15, 0.2) is 6.29 Å². The molecule has 0 fully saturated rings. The van der Waals surface area contributed by atoms with Gasteiger partial charge in [0, 0.05) is 12.7 Å². The number of hydrogen-bond donors (Lipinski definition) is 0. The van der Waals surface area contributed by atoms with Crippen LogP contribution in [0.5, 0.6) is 0 Å². The van der Waals surface area contributed by atoms with Crippen molar-refractivity contribution in [2.24, 2.45) is 0 Å². The van der Waals surface area contributed by atoms with Crippen LogP contribution in [0.15, 0.2) is 24.7 Å². The first-order valence-electron chi connectivity index (χ1n) is 3.33. The molecule has 0 aliphatic rings. The monoisotopic (exact) mass is 150 g/mol. The fourth-order valence-electron chi connectivity index (χ4n) is 0.836. The van der Waals surface area contributed by atoms with Crippen molar-refractivity contribution in [1.29, 1.82) is 0 Å². The standard InChI is InChI=1S/C8H10N2O/c1-7(2)3-10-4-8(5-11)9-6-10/h4-6H,1,3H2,2H3. The zero-order valence-corrected chi connectivity index (χ0v) is 6.45. The first kappa shape index (κ1) is 7.72. The molecule has 0 bridgehead atoms. The normalized spacial score (nSPS) is 9.55. The Morgan fingerprint density at radius 1 is 1.91 bits per heavy atom. The number of carbonyl (C=O) groups excluding carboxylic acids is 1. The predicted molar refractivity (Wildman–Crippen MR) is 42.4 cm³/mol. The van der Waals surface area contributed by atoms with Crippen LogP contribution in [0, 0.1) is 0 Å². The molecule has 0 radical (unpaired) electrons. The summed E-state index contributed by atoms with van der Waals surface area (Å²) >= 11 is 0. The molecule has 0 aliphatic heterocycles. The zero-order valence-electron chi connectivity index (χ0n) is 6.45. The third-order valence-electron chi connectivity index (χ3n) is 1.23. The highest BCUT2D eigenvalue weighted by Crippen LogP contribution is 1.97. The quantitative estimate of drug-likeness (QED) is 0.480. The lowest BCUT2D eigenvalue weighted by Gasteiger charge is -1.97. The molecule has 11 heavy (non-hydrogen) atoms. The molecule has 1 aromatic rings. The van der Waals surface area contributed by atoms with Crippen molar-refractivity contribution in [1.82, 2.24) is 9.55 Å². The van der Waals surface area contributed by atoms with E-state index in [9.17, 15) is 4.79 Å². The van der Waals surface area contributed by atoms with Crippen molar-refractivity contribution in [2.45, 2.75) is 13.5 Å². The van der Waals surface area contributed by atoms with Crippen molar-refractivity contribution in [2.75, 3.05) is 0 Å². The number of imidazole rings is 1. The average molecular weight is 150 g/mol. The van der Waals surface area contributed by atoms with Crippen LogP contribution in [0.1, 0.15) is 17.4 Å². The second-order valence-corrected chi connectivity index (χ2v) is 2.55. The van der Waals surface area contributed by atoms with Crippen LogP contribution < -0.4 is 0 Å². The van der Waals surface area contributed by atoms with Crippen molar-refractivity contribution in [3.8, 4) is 0 Å². The summed E-state index contributed by atoms with van der Waals surface area (Å²) in [6.45, 7) is 6.40. The summed E-state index contributed by atoms with van der Waals surface area (Å²) in [4.78, 5) is 14.0. The summed E-state index contributed by atoms with van der Waals surface area (Å²) < 4.78 is 1.83. The number of allylic oxidation sites excluding steroid dienone is 1. The molecule has 0 aliphatic carbocycles. The lowest BCUT2D eigenvalue weighted by atomic mass is 10.3. The smallest absolute Gasteiger partial charge is 0.169 e. The molecule has 0 amide bonds. The zero-order chi connectivity index (χ0) is 8.27. The Hall–Kier alpha value is -1.38. The van der Waals surface area contributed by atoms with Gasteiger partial charge in [-0.25, -0.2) is 4.98 Å². The van der Waals surface area contributed by atoms with E-state index in [4.69, 9.17) is 0 Å². The number of aldehydes is 1. The molecule has 58 valence electrons. The van der Waals surface area contributed by atoms with Crippen LogP contribution >= 0.6 is 0 Å². The van der Waals surface area contributed by atoms with Crippen LogP contribution in [-0.2, 0) is 6.54 Å². The molecule has 0 N–H and O–H groups in total. The summed E-state index contributed by atoms with van der Waals surface area (Å²) in [5, 5.41) is 0. The Kier molecular flexibility index (Phi) is 2.21. The van der Waals surface area contributed by atoms with E-state index in [2.05, 4.69) is 11.6 Å². The number of nitrogens with zero attached hydrogens (tertiary/aromatic N) is 2.